The number of thiophene rings is 1. The Labute approximate surface area is 152 Å². The molecular formula is C21H20N2OS. The number of hydrogen-bond donors (Lipinski definition) is 0. The van der Waals surface area contributed by atoms with E-state index in [9.17, 15) is 5.26 Å². The van der Waals surface area contributed by atoms with E-state index in [2.05, 4.69) is 34.5 Å². The first-order chi connectivity index (χ1) is 12.3. The molecule has 0 unspecified atom stereocenters. The van der Waals surface area contributed by atoms with Crippen molar-refractivity contribution in [2.24, 2.45) is 0 Å². The molecule has 3 nitrogen and oxygen atoms in total. The fourth-order valence-corrected chi connectivity index (χ4v) is 3.62. The van der Waals surface area contributed by atoms with Gasteiger partial charge in [-0.3, -0.25) is 4.90 Å². The van der Waals surface area contributed by atoms with Crippen LogP contribution in [0.2, 0.25) is 0 Å². The molecule has 126 valence electrons. The molecule has 0 N–H and O–H groups in total. The average Bonchev–Trinajstić information content (AvgIpc) is 3.15. The second-order valence-electron chi connectivity index (χ2n) is 5.81. The number of nitrogens with zero attached hydrogens (tertiary/aromatic N) is 2. The van der Waals surface area contributed by atoms with Gasteiger partial charge in [0.15, 0.2) is 0 Å². The number of methoxy groups -OCH3 is 1. The molecule has 0 aliphatic heterocycles. The fourth-order valence-electron chi connectivity index (χ4n) is 2.87. The van der Waals surface area contributed by atoms with Crippen molar-refractivity contribution in [2.45, 2.75) is 19.6 Å². The van der Waals surface area contributed by atoms with Gasteiger partial charge in [0.2, 0.25) is 0 Å². The summed E-state index contributed by atoms with van der Waals surface area (Å²) in [5.41, 5.74) is 2.94. The van der Waals surface area contributed by atoms with E-state index < -0.39 is 0 Å². The Kier molecular flexibility index (Phi) is 5.84. The zero-order valence-corrected chi connectivity index (χ0v) is 15.0. The van der Waals surface area contributed by atoms with E-state index in [0.717, 1.165) is 42.1 Å². The number of para-hydroxylation sites is 1. The first kappa shape index (κ1) is 17.2. The molecule has 2 aromatic carbocycles. The molecule has 0 spiro atoms. The normalized spacial score (nSPS) is 10.6. The molecule has 3 aromatic rings. The van der Waals surface area contributed by atoms with Gasteiger partial charge in [0.25, 0.3) is 0 Å². The Bertz CT molecular complexity index is 852. The quantitative estimate of drug-likeness (QED) is 0.613. The highest BCUT2D eigenvalue weighted by Gasteiger charge is 2.13. The van der Waals surface area contributed by atoms with E-state index in [4.69, 9.17) is 4.74 Å². The maximum absolute atomic E-state index is 9.37. The SMILES string of the molecule is COc1ccccc1CN(Cc1cccs1)Cc1ccccc1C#N. The maximum Gasteiger partial charge on any atom is 0.123 e. The van der Waals surface area contributed by atoms with Crippen molar-refractivity contribution < 1.29 is 4.74 Å². The Hall–Kier alpha value is -2.61. The highest BCUT2D eigenvalue weighted by atomic mass is 32.1. The Morgan fingerprint density at radius 2 is 1.64 bits per heavy atom. The lowest BCUT2D eigenvalue weighted by atomic mass is 10.1. The van der Waals surface area contributed by atoms with E-state index in [-0.39, 0.29) is 0 Å². The van der Waals surface area contributed by atoms with Crippen LogP contribution in [0, 0.1) is 11.3 Å². The van der Waals surface area contributed by atoms with Gasteiger partial charge in [-0.15, -0.1) is 11.3 Å². The summed E-state index contributed by atoms with van der Waals surface area (Å²) in [7, 11) is 1.70. The minimum absolute atomic E-state index is 0.722. The standard InChI is InChI=1S/C21H20N2OS/c1-24-21-11-5-4-9-19(21)15-23(16-20-10-6-12-25-20)14-18-8-3-2-7-17(18)13-22/h2-12H,14-16H2,1H3. The van der Waals surface area contributed by atoms with E-state index >= 15 is 0 Å². The second kappa shape index (κ2) is 8.48. The number of rotatable bonds is 7. The molecule has 0 saturated heterocycles. The van der Waals surface area contributed by atoms with Crippen molar-refractivity contribution in [3.8, 4) is 11.8 Å². The van der Waals surface area contributed by atoms with Crippen LogP contribution in [0.3, 0.4) is 0 Å². The van der Waals surface area contributed by atoms with Gasteiger partial charge in [0, 0.05) is 30.1 Å². The Balaban J connectivity index is 1.86. The third-order valence-electron chi connectivity index (χ3n) is 4.08. The molecule has 3 rings (SSSR count). The Morgan fingerprint density at radius 1 is 0.920 bits per heavy atom. The van der Waals surface area contributed by atoms with Gasteiger partial charge in [-0.05, 0) is 29.1 Å². The topological polar surface area (TPSA) is 36.3 Å². The third-order valence-corrected chi connectivity index (χ3v) is 4.94. The molecule has 0 aliphatic rings. The minimum Gasteiger partial charge on any atom is -0.496 e. The van der Waals surface area contributed by atoms with Crippen molar-refractivity contribution in [2.75, 3.05) is 7.11 Å². The van der Waals surface area contributed by atoms with Crippen LogP contribution < -0.4 is 4.74 Å². The van der Waals surface area contributed by atoms with Crippen LogP contribution in [0.4, 0.5) is 0 Å². The summed E-state index contributed by atoms with van der Waals surface area (Å²) in [5.74, 6) is 0.896. The van der Waals surface area contributed by atoms with Crippen LogP contribution in [0.1, 0.15) is 21.6 Å². The molecule has 0 aliphatic carbocycles. The summed E-state index contributed by atoms with van der Waals surface area (Å²) in [5, 5.41) is 11.5. The highest BCUT2D eigenvalue weighted by molar-refractivity contribution is 7.09. The van der Waals surface area contributed by atoms with Gasteiger partial charge in [-0.1, -0.05) is 42.5 Å². The van der Waals surface area contributed by atoms with E-state index in [1.165, 1.54) is 4.88 Å². The predicted molar refractivity (Wildman–Crippen MR) is 101 cm³/mol. The van der Waals surface area contributed by atoms with E-state index in [1.54, 1.807) is 18.4 Å². The summed E-state index contributed by atoms with van der Waals surface area (Å²) in [4.78, 5) is 3.66. The van der Waals surface area contributed by atoms with Crippen LogP contribution in [0.5, 0.6) is 5.75 Å². The Morgan fingerprint density at radius 3 is 2.36 bits per heavy atom. The summed E-state index contributed by atoms with van der Waals surface area (Å²) in [6.07, 6.45) is 0. The number of hydrogen-bond acceptors (Lipinski definition) is 4. The number of nitriles is 1. The van der Waals surface area contributed by atoms with Crippen LogP contribution in [0.25, 0.3) is 0 Å². The molecule has 0 bridgehead atoms. The van der Waals surface area contributed by atoms with Crippen LogP contribution in [-0.2, 0) is 19.6 Å². The van der Waals surface area contributed by atoms with Crippen molar-refractivity contribution in [3.63, 3.8) is 0 Å². The van der Waals surface area contributed by atoms with Gasteiger partial charge < -0.3 is 4.74 Å². The largest absolute Gasteiger partial charge is 0.496 e. The smallest absolute Gasteiger partial charge is 0.123 e. The van der Waals surface area contributed by atoms with Crippen LogP contribution >= 0.6 is 11.3 Å². The first-order valence-corrected chi connectivity index (χ1v) is 9.02. The van der Waals surface area contributed by atoms with Gasteiger partial charge >= 0.3 is 0 Å². The number of benzene rings is 2. The molecule has 25 heavy (non-hydrogen) atoms. The molecule has 0 saturated carbocycles. The molecular weight excluding hydrogens is 328 g/mol. The van der Waals surface area contributed by atoms with Gasteiger partial charge in [-0.2, -0.15) is 5.26 Å². The molecule has 0 radical (unpaired) electrons. The monoisotopic (exact) mass is 348 g/mol. The zero-order chi connectivity index (χ0) is 17.5. The van der Waals surface area contributed by atoms with E-state index in [0.29, 0.717) is 0 Å². The fraction of sp³-hybridized carbons (Fsp3) is 0.190. The van der Waals surface area contributed by atoms with Gasteiger partial charge in [0.05, 0.1) is 18.7 Å². The molecule has 0 fully saturated rings. The maximum atomic E-state index is 9.37. The summed E-state index contributed by atoms with van der Waals surface area (Å²) >= 11 is 1.75. The van der Waals surface area contributed by atoms with Crippen LogP contribution in [0.15, 0.2) is 66.0 Å². The van der Waals surface area contributed by atoms with Gasteiger partial charge in [-0.25, -0.2) is 0 Å². The molecule has 0 atom stereocenters. The second-order valence-corrected chi connectivity index (χ2v) is 6.84. The first-order valence-electron chi connectivity index (χ1n) is 8.15. The number of ether oxygens (including phenoxy) is 1. The van der Waals surface area contributed by atoms with Crippen molar-refractivity contribution in [1.29, 1.82) is 5.26 Å². The molecule has 0 amide bonds. The lowest BCUT2D eigenvalue weighted by Gasteiger charge is -2.23. The average molecular weight is 348 g/mol. The van der Waals surface area contributed by atoms with Crippen LogP contribution in [-0.4, -0.2) is 12.0 Å². The van der Waals surface area contributed by atoms with E-state index in [1.807, 2.05) is 42.5 Å². The molecule has 1 heterocycles. The highest BCUT2D eigenvalue weighted by Crippen LogP contribution is 2.23. The zero-order valence-electron chi connectivity index (χ0n) is 14.2. The van der Waals surface area contributed by atoms with Crippen molar-refractivity contribution in [3.05, 3.63) is 87.6 Å². The molecule has 1 aromatic heterocycles. The lowest BCUT2D eigenvalue weighted by Crippen LogP contribution is -2.22. The third kappa shape index (κ3) is 4.48. The predicted octanol–water partition coefficient (Wildman–Crippen LogP) is 4.83. The lowest BCUT2D eigenvalue weighted by molar-refractivity contribution is 0.245. The summed E-state index contributed by atoms with van der Waals surface area (Å²) < 4.78 is 5.50. The van der Waals surface area contributed by atoms with Crippen molar-refractivity contribution in [1.82, 2.24) is 4.90 Å². The summed E-state index contributed by atoms with van der Waals surface area (Å²) in [6, 6.07) is 22.4. The summed E-state index contributed by atoms with van der Waals surface area (Å²) in [6.45, 7) is 2.33. The minimum atomic E-state index is 0.722. The molecule has 4 heteroatoms. The van der Waals surface area contributed by atoms with Crippen molar-refractivity contribution >= 4 is 11.3 Å². The van der Waals surface area contributed by atoms with Gasteiger partial charge in [0.1, 0.15) is 5.75 Å².